The highest BCUT2D eigenvalue weighted by atomic mass is 16.3. The van der Waals surface area contributed by atoms with Crippen LogP contribution in [0.3, 0.4) is 0 Å². The van der Waals surface area contributed by atoms with Gasteiger partial charge in [0.2, 0.25) is 0 Å². The molecule has 1 aromatic rings. The lowest BCUT2D eigenvalue weighted by Crippen LogP contribution is -2.89. The summed E-state index contributed by atoms with van der Waals surface area (Å²) in [7, 11) is 0. The number of aromatic hydroxyl groups is 1. The van der Waals surface area contributed by atoms with E-state index in [9.17, 15) is 5.11 Å². The average molecular weight is 196 g/mol. The molecule has 0 heterocycles. The third kappa shape index (κ3) is 3.36. The maximum atomic E-state index is 9.75. The van der Waals surface area contributed by atoms with E-state index < -0.39 is 6.10 Å². The Morgan fingerprint density at radius 1 is 1.21 bits per heavy atom. The molecule has 0 bridgehead atoms. The minimum Gasteiger partial charge on any atom is -0.508 e. The van der Waals surface area contributed by atoms with Gasteiger partial charge >= 0.3 is 0 Å². The molecule has 3 heteroatoms. The Balaban J connectivity index is 2.52. The Bertz CT molecular complexity index is 269. The van der Waals surface area contributed by atoms with Crippen molar-refractivity contribution in [1.82, 2.24) is 0 Å². The van der Waals surface area contributed by atoms with Crippen LogP contribution in [0, 0.1) is 0 Å². The van der Waals surface area contributed by atoms with Gasteiger partial charge in [0, 0.05) is 0 Å². The van der Waals surface area contributed by atoms with Gasteiger partial charge in [-0.25, -0.2) is 0 Å². The molecular weight excluding hydrogens is 178 g/mol. The second kappa shape index (κ2) is 4.98. The van der Waals surface area contributed by atoms with Crippen LogP contribution in [0.2, 0.25) is 0 Å². The van der Waals surface area contributed by atoms with Gasteiger partial charge in [-0.05, 0) is 31.5 Å². The van der Waals surface area contributed by atoms with Crippen molar-refractivity contribution >= 4 is 0 Å². The van der Waals surface area contributed by atoms with Gasteiger partial charge in [0.15, 0.2) is 0 Å². The predicted molar refractivity (Wildman–Crippen MR) is 55.0 cm³/mol. The number of benzene rings is 1. The van der Waals surface area contributed by atoms with Crippen LogP contribution >= 0.6 is 0 Å². The van der Waals surface area contributed by atoms with E-state index in [1.165, 1.54) is 0 Å². The lowest BCUT2D eigenvalue weighted by molar-refractivity contribution is -0.689. The molecule has 0 unspecified atom stereocenters. The van der Waals surface area contributed by atoms with E-state index in [-0.39, 0.29) is 5.75 Å². The Labute approximate surface area is 84.4 Å². The zero-order valence-electron chi connectivity index (χ0n) is 8.64. The molecule has 1 rings (SSSR count). The van der Waals surface area contributed by atoms with Crippen LogP contribution in [0.15, 0.2) is 24.3 Å². The highest BCUT2D eigenvalue weighted by Crippen LogP contribution is 2.15. The van der Waals surface area contributed by atoms with Crippen LogP contribution in [-0.2, 0) is 0 Å². The largest absolute Gasteiger partial charge is 0.508 e. The van der Waals surface area contributed by atoms with Crippen molar-refractivity contribution in [2.45, 2.75) is 26.0 Å². The molecule has 1 aromatic carbocycles. The second-order valence-electron chi connectivity index (χ2n) is 3.82. The lowest BCUT2D eigenvalue weighted by Gasteiger charge is -2.11. The minimum absolute atomic E-state index is 0.230. The number of hydrogen-bond acceptors (Lipinski definition) is 2. The number of rotatable bonds is 4. The van der Waals surface area contributed by atoms with Crippen LogP contribution in [0.1, 0.15) is 25.5 Å². The van der Waals surface area contributed by atoms with E-state index in [2.05, 4.69) is 19.2 Å². The Kier molecular flexibility index (Phi) is 3.92. The number of quaternary nitrogens is 1. The first-order valence-electron chi connectivity index (χ1n) is 4.90. The smallest absolute Gasteiger partial charge is 0.128 e. The molecule has 0 aromatic heterocycles. The fourth-order valence-electron chi connectivity index (χ4n) is 1.23. The quantitative estimate of drug-likeness (QED) is 0.653. The van der Waals surface area contributed by atoms with Crippen LogP contribution in [0.5, 0.6) is 5.75 Å². The van der Waals surface area contributed by atoms with Gasteiger partial charge < -0.3 is 15.5 Å². The predicted octanol–water partition coefficient (Wildman–Crippen LogP) is 0.397. The van der Waals surface area contributed by atoms with Crippen LogP contribution in [0.4, 0.5) is 0 Å². The normalized spacial score (nSPS) is 13.1. The Hall–Kier alpha value is -1.06. The molecule has 4 N–H and O–H groups in total. The van der Waals surface area contributed by atoms with Crippen molar-refractivity contribution < 1.29 is 15.5 Å². The van der Waals surface area contributed by atoms with Gasteiger partial charge in [0.05, 0.1) is 6.04 Å². The van der Waals surface area contributed by atoms with E-state index in [0.717, 1.165) is 5.56 Å². The molecule has 0 aliphatic rings. The second-order valence-corrected chi connectivity index (χ2v) is 3.82. The molecule has 3 nitrogen and oxygen atoms in total. The van der Waals surface area contributed by atoms with Gasteiger partial charge in [0.1, 0.15) is 18.4 Å². The molecule has 0 spiro atoms. The lowest BCUT2D eigenvalue weighted by atomic mass is 10.1. The maximum absolute atomic E-state index is 9.75. The van der Waals surface area contributed by atoms with Gasteiger partial charge in [-0.15, -0.1) is 0 Å². The van der Waals surface area contributed by atoms with Crippen molar-refractivity contribution in [1.29, 1.82) is 0 Å². The molecular formula is C11H18NO2+. The molecule has 14 heavy (non-hydrogen) atoms. The molecule has 0 fully saturated rings. The van der Waals surface area contributed by atoms with Crippen LogP contribution < -0.4 is 5.32 Å². The summed E-state index contributed by atoms with van der Waals surface area (Å²) in [4.78, 5) is 0. The van der Waals surface area contributed by atoms with Crippen molar-refractivity contribution in [3.8, 4) is 5.75 Å². The molecule has 0 saturated carbocycles. The highest BCUT2D eigenvalue weighted by Gasteiger charge is 2.09. The maximum Gasteiger partial charge on any atom is 0.128 e. The third-order valence-electron chi connectivity index (χ3n) is 2.11. The molecule has 0 amide bonds. The number of aliphatic hydroxyl groups excluding tert-OH is 1. The summed E-state index contributed by atoms with van der Waals surface area (Å²) < 4.78 is 0. The van der Waals surface area contributed by atoms with E-state index in [0.29, 0.717) is 12.6 Å². The van der Waals surface area contributed by atoms with Gasteiger partial charge in [-0.1, -0.05) is 12.1 Å². The summed E-state index contributed by atoms with van der Waals surface area (Å²) >= 11 is 0. The van der Waals surface area contributed by atoms with Crippen molar-refractivity contribution in [2.75, 3.05) is 6.54 Å². The summed E-state index contributed by atoms with van der Waals surface area (Å²) in [5.74, 6) is 0.230. The van der Waals surface area contributed by atoms with Crippen molar-refractivity contribution in [3.05, 3.63) is 29.8 Å². The molecule has 0 aliphatic heterocycles. The standard InChI is InChI=1S/C11H17NO2/c1-8(2)12-7-11(14)9-3-5-10(13)6-4-9/h3-6,8,11-14H,7H2,1-2H3/p+1/t11-/m1/s1. The van der Waals surface area contributed by atoms with Crippen molar-refractivity contribution in [2.24, 2.45) is 0 Å². The minimum atomic E-state index is -0.460. The van der Waals surface area contributed by atoms with E-state index in [1.54, 1.807) is 24.3 Å². The van der Waals surface area contributed by atoms with E-state index in [1.807, 2.05) is 0 Å². The number of hydrogen-bond donors (Lipinski definition) is 3. The number of nitrogens with two attached hydrogens (primary N) is 1. The highest BCUT2D eigenvalue weighted by molar-refractivity contribution is 5.27. The van der Waals surface area contributed by atoms with Gasteiger partial charge in [-0.2, -0.15) is 0 Å². The van der Waals surface area contributed by atoms with Gasteiger partial charge in [0.25, 0.3) is 0 Å². The summed E-state index contributed by atoms with van der Waals surface area (Å²) in [5, 5.41) is 20.9. The van der Waals surface area contributed by atoms with Gasteiger partial charge in [-0.3, -0.25) is 0 Å². The summed E-state index contributed by atoms with van der Waals surface area (Å²) in [5.41, 5.74) is 0.847. The van der Waals surface area contributed by atoms with Crippen molar-refractivity contribution in [3.63, 3.8) is 0 Å². The zero-order chi connectivity index (χ0) is 10.6. The number of phenols is 1. The number of phenolic OH excluding ortho intramolecular Hbond substituents is 1. The molecule has 0 aliphatic carbocycles. The van der Waals surface area contributed by atoms with E-state index >= 15 is 0 Å². The Morgan fingerprint density at radius 3 is 2.29 bits per heavy atom. The topological polar surface area (TPSA) is 57.1 Å². The zero-order valence-corrected chi connectivity index (χ0v) is 8.64. The Morgan fingerprint density at radius 2 is 1.79 bits per heavy atom. The fourth-order valence-corrected chi connectivity index (χ4v) is 1.23. The summed E-state index contributed by atoms with van der Waals surface area (Å²) in [6.07, 6.45) is -0.460. The monoisotopic (exact) mass is 196 g/mol. The molecule has 0 saturated heterocycles. The molecule has 1 atom stereocenters. The SMILES string of the molecule is CC(C)[NH2+]C[C@@H](O)c1ccc(O)cc1. The number of aliphatic hydroxyl groups is 1. The first-order valence-corrected chi connectivity index (χ1v) is 4.90. The molecule has 0 radical (unpaired) electrons. The summed E-state index contributed by atoms with van der Waals surface area (Å²) in [6, 6.07) is 7.16. The fraction of sp³-hybridized carbons (Fsp3) is 0.455. The summed E-state index contributed by atoms with van der Waals surface area (Å²) in [6.45, 7) is 4.83. The third-order valence-corrected chi connectivity index (χ3v) is 2.11. The first kappa shape index (κ1) is 11.0. The van der Waals surface area contributed by atoms with E-state index in [4.69, 9.17) is 5.11 Å². The average Bonchev–Trinajstić information content (AvgIpc) is 2.15. The first-order chi connectivity index (χ1) is 6.59. The molecule has 78 valence electrons. The van der Waals surface area contributed by atoms with Crippen LogP contribution in [-0.4, -0.2) is 22.8 Å². The van der Waals surface area contributed by atoms with Crippen LogP contribution in [0.25, 0.3) is 0 Å².